The smallest absolute Gasteiger partial charge is 0.430 e. The van der Waals surface area contributed by atoms with Gasteiger partial charge in [0.25, 0.3) is 0 Å². The van der Waals surface area contributed by atoms with Crippen molar-refractivity contribution in [2.45, 2.75) is 0 Å². The molecule has 0 N–H and O–H groups in total. The molecule has 0 atom stereocenters. The van der Waals surface area contributed by atoms with Gasteiger partial charge in [-0.15, -0.1) is 0 Å². The zero-order valence-electron chi connectivity index (χ0n) is 3.09. The van der Waals surface area contributed by atoms with Gasteiger partial charge in [-0.25, -0.2) is 0 Å². The molecule has 0 radical (unpaired) electrons. The molecule has 0 saturated carbocycles. The van der Waals surface area contributed by atoms with Gasteiger partial charge >= 0.3 is 32.3 Å². The lowest BCUT2D eigenvalue weighted by atomic mass is 18.6. The molecule has 0 rings (SSSR count). The highest BCUT2D eigenvalue weighted by Crippen LogP contribution is 1.80. The van der Waals surface area contributed by atoms with Crippen molar-refractivity contribution < 1.29 is 14.1 Å². The first-order valence-corrected chi connectivity index (χ1v) is 3.10. The Morgan fingerprint density at radius 1 is 1.00 bits per heavy atom. The van der Waals surface area contributed by atoms with Crippen molar-refractivity contribution in [3.63, 3.8) is 0 Å². The molecular formula is H2Al2F4. The van der Waals surface area contributed by atoms with E-state index in [1.165, 1.54) is 0 Å². The van der Waals surface area contributed by atoms with Crippen LogP contribution in [0.3, 0.4) is 0 Å². The van der Waals surface area contributed by atoms with E-state index in [-0.39, 0.29) is 16.7 Å². The molecular weight excluding hydrogens is 130 g/mol. The standard InChI is InChI=1S/2Al.4FH.2H/h;;4*1H;;/q+1;+3;;;;;;/p-4. The summed E-state index contributed by atoms with van der Waals surface area (Å²) in [6.45, 7) is 0. The van der Waals surface area contributed by atoms with Crippen LogP contribution in [0.4, 0.5) is 14.1 Å². The maximum atomic E-state index is 9.81. The molecule has 0 bridgehead atoms. The van der Waals surface area contributed by atoms with Gasteiger partial charge in [0.05, 0.1) is 0 Å². The van der Waals surface area contributed by atoms with Crippen LogP contribution in [0.1, 0.15) is 0 Å². The second-order valence-corrected chi connectivity index (χ2v) is 0.742. The predicted octanol–water partition coefficient (Wildman–Crippen LogP) is 0.384. The van der Waals surface area contributed by atoms with Gasteiger partial charge in [0.15, 0.2) is 0 Å². The molecule has 0 unspecified atom stereocenters. The van der Waals surface area contributed by atoms with E-state index in [9.17, 15) is 14.1 Å². The van der Waals surface area contributed by atoms with E-state index < -0.39 is 15.5 Å². The lowest BCUT2D eigenvalue weighted by Crippen LogP contribution is -1.76. The number of rotatable bonds is 0. The molecule has 0 saturated heterocycles. The van der Waals surface area contributed by atoms with E-state index in [4.69, 9.17) is 0 Å². The van der Waals surface area contributed by atoms with Crippen molar-refractivity contribution in [2.75, 3.05) is 0 Å². The van der Waals surface area contributed by atoms with Crippen molar-refractivity contribution in [1.82, 2.24) is 0 Å². The maximum absolute atomic E-state index is 9.81. The molecule has 6 heavy (non-hydrogen) atoms. The monoisotopic (exact) mass is 132 g/mol. The average molecular weight is 132 g/mol. The first-order valence-electron chi connectivity index (χ1n) is 1.03. The maximum Gasteiger partial charge on any atom is 1.04 e. The van der Waals surface area contributed by atoms with Crippen LogP contribution in [0.15, 0.2) is 0 Å². The van der Waals surface area contributed by atoms with Crippen LogP contribution in [0.25, 0.3) is 0 Å². The molecule has 0 spiro atoms. The summed E-state index contributed by atoms with van der Waals surface area (Å²) in [5.74, 6) is 0. The van der Waals surface area contributed by atoms with Crippen LogP contribution in [0, 0.1) is 0 Å². The number of halogens is 4. The van der Waals surface area contributed by atoms with E-state index in [1.807, 2.05) is 0 Å². The van der Waals surface area contributed by atoms with Crippen molar-refractivity contribution in [3.05, 3.63) is 0 Å². The molecule has 0 aliphatic rings. The minimum atomic E-state index is -4.64. The summed E-state index contributed by atoms with van der Waals surface area (Å²) in [6, 6.07) is 0. The summed E-state index contributed by atoms with van der Waals surface area (Å²) in [5.41, 5.74) is 0. The number of hydrogen-bond donors (Lipinski definition) is 0. The third-order valence-corrected chi connectivity index (χ3v) is 0. The lowest BCUT2D eigenvalue weighted by Gasteiger charge is -1.52. The SMILES string of the molecule is [F][AlH2].[F][Al]([F])[F]. The molecule has 0 aromatic rings. The summed E-state index contributed by atoms with van der Waals surface area (Å²) >= 11 is -4.83. The third-order valence-electron chi connectivity index (χ3n) is 0. The van der Waals surface area contributed by atoms with Gasteiger partial charge < -0.3 is 14.1 Å². The van der Waals surface area contributed by atoms with Gasteiger partial charge in [0.1, 0.15) is 0 Å². The van der Waals surface area contributed by atoms with Crippen LogP contribution >= 0.6 is 0 Å². The first kappa shape index (κ1) is 9.92. The van der Waals surface area contributed by atoms with Crippen molar-refractivity contribution in [3.8, 4) is 0 Å². The number of hydrogen-bond acceptors (Lipinski definition) is 0. The fourth-order valence-corrected chi connectivity index (χ4v) is 0. The van der Waals surface area contributed by atoms with Gasteiger partial charge in [-0.05, 0) is 0 Å². The highest BCUT2D eigenvalue weighted by molar-refractivity contribution is 6.33. The fourth-order valence-electron chi connectivity index (χ4n) is 0. The molecule has 0 amide bonds. The second-order valence-electron chi connectivity index (χ2n) is 0.247. The molecule has 0 aliphatic carbocycles. The summed E-state index contributed by atoms with van der Waals surface area (Å²) in [7, 11) is 0. The highest BCUT2D eigenvalue weighted by Gasteiger charge is 2.21. The van der Waals surface area contributed by atoms with E-state index in [0.717, 1.165) is 0 Å². The van der Waals surface area contributed by atoms with Crippen molar-refractivity contribution in [1.29, 1.82) is 0 Å². The Hall–Kier alpha value is 0.785. The van der Waals surface area contributed by atoms with E-state index in [0.29, 0.717) is 0 Å². The molecule has 0 aliphatic heterocycles. The fraction of sp³-hybridized carbons (Fsp3) is 0. The van der Waals surface area contributed by atoms with Gasteiger partial charge in [0.2, 0.25) is 0 Å². The minimum Gasteiger partial charge on any atom is -0.430 e. The quantitative estimate of drug-likeness (QED) is 0.330. The molecule has 0 aromatic heterocycles. The van der Waals surface area contributed by atoms with E-state index in [1.54, 1.807) is 0 Å². The van der Waals surface area contributed by atoms with E-state index in [2.05, 4.69) is 0 Å². The van der Waals surface area contributed by atoms with Crippen molar-refractivity contribution in [2.24, 2.45) is 0 Å². The van der Waals surface area contributed by atoms with E-state index >= 15 is 0 Å². The molecule has 6 heteroatoms. The van der Waals surface area contributed by atoms with Crippen LogP contribution in [-0.4, -0.2) is 32.3 Å². The topological polar surface area (TPSA) is 0 Å². The van der Waals surface area contributed by atoms with Crippen LogP contribution in [0.2, 0.25) is 0 Å². The Morgan fingerprint density at radius 2 is 1.00 bits per heavy atom. The molecule has 0 heterocycles. The normalized spacial score (nSPS) is 5.33. The largest absolute Gasteiger partial charge is 1.04 e. The van der Waals surface area contributed by atoms with Crippen LogP contribution < -0.4 is 0 Å². The Bertz CT molecular complexity index is 10.3. The van der Waals surface area contributed by atoms with Gasteiger partial charge in [-0.3, -0.25) is 0 Å². The molecule has 0 aromatic carbocycles. The Kier molecular flexibility index (Phi) is 15.3. The summed E-state index contributed by atoms with van der Waals surface area (Å²) in [4.78, 5) is 0. The third kappa shape index (κ3) is 111. The Labute approximate surface area is 46.9 Å². The highest BCUT2D eigenvalue weighted by atomic mass is 27.3. The van der Waals surface area contributed by atoms with Gasteiger partial charge in [-0.2, -0.15) is 0 Å². The van der Waals surface area contributed by atoms with Crippen LogP contribution in [-0.2, 0) is 0 Å². The zero-order chi connectivity index (χ0) is 5.58. The molecule has 36 valence electrons. The summed E-state index contributed by atoms with van der Waals surface area (Å²) < 4.78 is 39.1. The lowest BCUT2D eigenvalue weighted by molar-refractivity contribution is 0.535. The Morgan fingerprint density at radius 3 is 1.00 bits per heavy atom. The van der Waals surface area contributed by atoms with Gasteiger partial charge in [0, 0.05) is 0 Å². The Balaban J connectivity index is 0. The van der Waals surface area contributed by atoms with Crippen molar-refractivity contribution >= 4 is 32.3 Å². The van der Waals surface area contributed by atoms with Gasteiger partial charge in [-0.1, -0.05) is 0 Å². The summed E-state index contributed by atoms with van der Waals surface area (Å²) in [6.07, 6.45) is 0. The first-order chi connectivity index (χ1) is 2.73. The summed E-state index contributed by atoms with van der Waals surface area (Å²) in [5, 5.41) is 0. The van der Waals surface area contributed by atoms with Crippen LogP contribution in [0.5, 0.6) is 0 Å². The molecule has 0 fully saturated rings. The predicted molar refractivity (Wildman–Crippen MR) is 18.7 cm³/mol. The second kappa shape index (κ2) is 9.25. The minimum absolute atomic E-state index is 0.194. The molecule has 0 nitrogen and oxygen atoms in total. The zero-order valence-corrected chi connectivity index (χ0v) is 6.24. The average Bonchev–Trinajstić information content (AvgIpc) is 1.41.